The number of hydrogen-bond donors (Lipinski definition) is 1. The molecule has 2 nitrogen and oxygen atoms in total. The molecule has 0 saturated heterocycles. The molecule has 0 radical (unpaired) electrons. The van der Waals surface area contributed by atoms with E-state index >= 15 is 0 Å². The molecule has 1 saturated carbocycles. The average Bonchev–Trinajstić information content (AvgIpc) is 2.41. The molecule has 0 spiro atoms. The largest absolute Gasteiger partial charge is 0.379 e. The Kier molecular flexibility index (Phi) is 4.65. The summed E-state index contributed by atoms with van der Waals surface area (Å²) in [6.45, 7) is 4.40. The van der Waals surface area contributed by atoms with Crippen LogP contribution in [0.4, 0.5) is 5.69 Å². The second kappa shape index (κ2) is 6.24. The molecule has 1 aromatic carbocycles. The van der Waals surface area contributed by atoms with E-state index in [1.54, 1.807) is 0 Å². The van der Waals surface area contributed by atoms with Crippen molar-refractivity contribution >= 4 is 5.69 Å². The molecule has 18 heavy (non-hydrogen) atoms. The van der Waals surface area contributed by atoms with E-state index in [1.807, 2.05) is 7.11 Å². The highest BCUT2D eigenvalue weighted by Gasteiger charge is 2.25. The fourth-order valence-electron chi connectivity index (χ4n) is 2.96. The first-order valence-electron chi connectivity index (χ1n) is 7.14. The number of nitrogens with one attached hydrogen (secondary N) is 1. The van der Waals surface area contributed by atoms with Crippen molar-refractivity contribution in [2.75, 3.05) is 12.4 Å². The van der Waals surface area contributed by atoms with E-state index in [0.29, 0.717) is 12.1 Å². The molecule has 1 aromatic rings. The number of methoxy groups -OCH3 is 1. The number of rotatable bonds is 4. The van der Waals surface area contributed by atoms with Gasteiger partial charge >= 0.3 is 0 Å². The monoisotopic (exact) mass is 247 g/mol. The van der Waals surface area contributed by atoms with E-state index in [4.69, 9.17) is 4.74 Å². The lowest BCUT2D eigenvalue weighted by molar-refractivity contribution is 0.0606. The van der Waals surface area contributed by atoms with Crippen LogP contribution in [0.25, 0.3) is 0 Å². The van der Waals surface area contributed by atoms with Crippen molar-refractivity contribution in [1.29, 1.82) is 0 Å². The Morgan fingerprint density at radius 3 is 2.78 bits per heavy atom. The maximum absolute atomic E-state index is 5.63. The van der Waals surface area contributed by atoms with Gasteiger partial charge in [-0.1, -0.05) is 38.0 Å². The van der Waals surface area contributed by atoms with Gasteiger partial charge < -0.3 is 10.1 Å². The van der Waals surface area contributed by atoms with Gasteiger partial charge in [-0.2, -0.15) is 0 Å². The van der Waals surface area contributed by atoms with E-state index in [-0.39, 0.29) is 0 Å². The quantitative estimate of drug-likeness (QED) is 0.870. The van der Waals surface area contributed by atoms with Crippen molar-refractivity contribution in [2.24, 2.45) is 0 Å². The molecular weight excluding hydrogens is 222 g/mol. The lowest BCUT2D eigenvalue weighted by Crippen LogP contribution is -2.38. The number of para-hydroxylation sites is 1. The summed E-state index contributed by atoms with van der Waals surface area (Å²) >= 11 is 0. The van der Waals surface area contributed by atoms with Crippen LogP contribution >= 0.6 is 0 Å². The van der Waals surface area contributed by atoms with Crippen molar-refractivity contribution in [3.05, 3.63) is 29.3 Å². The first-order chi connectivity index (χ1) is 8.76. The summed E-state index contributed by atoms with van der Waals surface area (Å²) in [4.78, 5) is 0. The zero-order valence-corrected chi connectivity index (χ0v) is 11.8. The maximum atomic E-state index is 5.63. The smallest absolute Gasteiger partial charge is 0.0772 e. The summed E-state index contributed by atoms with van der Waals surface area (Å²) in [5, 5.41) is 3.74. The summed E-state index contributed by atoms with van der Waals surface area (Å²) in [5.74, 6) is 0. The third kappa shape index (κ3) is 2.86. The zero-order valence-electron chi connectivity index (χ0n) is 11.8. The molecule has 2 rings (SSSR count). The molecule has 1 N–H and O–H groups in total. The second-order valence-corrected chi connectivity index (χ2v) is 5.27. The van der Waals surface area contributed by atoms with Gasteiger partial charge in [0.05, 0.1) is 12.1 Å². The van der Waals surface area contributed by atoms with E-state index in [0.717, 1.165) is 6.42 Å². The minimum absolute atomic E-state index is 0.364. The third-order valence-electron chi connectivity index (χ3n) is 4.08. The molecule has 1 aliphatic rings. The zero-order chi connectivity index (χ0) is 13.0. The van der Waals surface area contributed by atoms with Crippen LogP contribution in [-0.2, 0) is 11.2 Å². The van der Waals surface area contributed by atoms with Crippen LogP contribution in [0.3, 0.4) is 0 Å². The molecule has 0 bridgehead atoms. The summed E-state index contributed by atoms with van der Waals surface area (Å²) in [6.07, 6.45) is 6.45. The van der Waals surface area contributed by atoms with Crippen LogP contribution in [0.1, 0.15) is 43.7 Å². The highest BCUT2D eigenvalue weighted by molar-refractivity contribution is 5.58. The standard InChI is InChI=1S/C16H25NO/c1-4-13-9-7-8-12(2)16(13)17-14-10-5-6-11-15(14)18-3/h7-9,14-15,17H,4-6,10-11H2,1-3H3. The normalized spacial score (nSPS) is 23.9. The lowest BCUT2D eigenvalue weighted by Gasteiger charge is -2.33. The lowest BCUT2D eigenvalue weighted by atomic mass is 9.91. The van der Waals surface area contributed by atoms with Crippen LogP contribution in [-0.4, -0.2) is 19.3 Å². The Morgan fingerprint density at radius 1 is 1.28 bits per heavy atom. The Hall–Kier alpha value is -1.02. The van der Waals surface area contributed by atoms with Gasteiger partial charge in [-0.25, -0.2) is 0 Å². The molecule has 100 valence electrons. The molecule has 1 fully saturated rings. The first kappa shape index (κ1) is 13.4. The number of hydrogen-bond acceptors (Lipinski definition) is 2. The molecule has 2 unspecified atom stereocenters. The minimum Gasteiger partial charge on any atom is -0.379 e. The Balaban J connectivity index is 2.17. The van der Waals surface area contributed by atoms with Gasteiger partial charge in [-0.3, -0.25) is 0 Å². The van der Waals surface area contributed by atoms with Gasteiger partial charge in [-0.15, -0.1) is 0 Å². The van der Waals surface area contributed by atoms with Gasteiger partial charge in [0.15, 0.2) is 0 Å². The van der Waals surface area contributed by atoms with Crippen LogP contribution < -0.4 is 5.32 Å². The second-order valence-electron chi connectivity index (χ2n) is 5.27. The van der Waals surface area contributed by atoms with Crippen LogP contribution in [0.2, 0.25) is 0 Å². The molecule has 0 heterocycles. The maximum Gasteiger partial charge on any atom is 0.0772 e. The molecule has 2 heteroatoms. The fourth-order valence-corrected chi connectivity index (χ4v) is 2.96. The van der Waals surface area contributed by atoms with Crippen LogP contribution in [0.5, 0.6) is 0 Å². The average molecular weight is 247 g/mol. The van der Waals surface area contributed by atoms with Gasteiger partial charge in [0.25, 0.3) is 0 Å². The van der Waals surface area contributed by atoms with Crippen molar-refractivity contribution < 1.29 is 4.74 Å². The van der Waals surface area contributed by atoms with Gasteiger partial charge in [-0.05, 0) is 37.3 Å². The Bertz CT molecular complexity index is 389. The van der Waals surface area contributed by atoms with Crippen molar-refractivity contribution in [3.8, 4) is 0 Å². The predicted octanol–water partition coefficient (Wildman–Crippen LogP) is 3.93. The molecular formula is C16H25NO. The molecule has 0 amide bonds. The first-order valence-corrected chi connectivity index (χ1v) is 7.14. The van der Waals surface area contributed by atoms with E-state index < -0.39 is 0 Å². The van der Waals surface area contributed by atoms with Crippen LogP contribution in [0.15, 0.2) is 18.2 Å². The van der Waals surface area contributed by atoms with Crippen molar-refractivity contribution in [2.45, 2.75) is 58.1 Å². The number of ether oxygens (including phenoxy) is 1. The Labute approximate surface area is 111 Å². The topological polar surface area (TPSA) is 21.3 Å². The van der Waals surface area contributed by atoms with Crippen molar-refractivity contribution in [3.63, 3.8) is 0 Å². The van der Waals surface area contributed by atoms with Crippen LogP contribution in [0, 0.1) is 6.92 Å². The SMILES string of the molecule is CCc1cccc(C)c1NC1CCCCC1OC. The summed E-state index contributed by atoms with van der Waals surface area (Å²) in [7, 11) is 1.84. The molecule has 1 aliphatic carbocycles. The Morgan fingerprint density at radius 2 is 2.06 bits per heavy atom. The number of anilines is 1. The van der Waals surface area contributed by atoms with Gasteiger partial charge in [0.1, 0.15) is 0 Å². The summed E-state index contributed by atoms with van der Waals surface area (Å²) in [5.41, 5.74) is 4.08. The van der Waals surface area contributed by atoms with Crippen molar-refractivity contribution in [1.82, 2.24) is 0 Å². The van der Waals surface area contributed by atoms with E-state index in [1.165, 1.54) is 42.5 Å². The number of benzene rings is 1. The van der Waals surface area contributed by atoms with Gasteiger partial charge in [0.2, 0.25) is 0 Å². The molecule has 0 aliphatic heterocycles. The summed E-state index contributed by atoms with van der Waals surface area (Å²) < 4.78 is 5.63. The van der Waals surface area contributed by atoms with E-state index in [9.17, 15) is 0 Å². The van der Waals surface area contributed by atoms with Gasteiger partial charge in [0, 0.05) is 12.8 Å². The predicted molar refractivity (Wildman–Crippen MR) is 77.2 cm³/mol. The van der Waals surface area contributed by atoms with E-state index in [2.05, 4.69) is 37.4 Å². The third-order valence-corrected chi connectivity index (χ3v) is 4.08. The molecule has 0 aromatic heterocycles. The minimum atomic E-state index is 0.364. The molecule has 2 atom stereocenters. The number of aryl methyl sites for hydroxylation is 2. The highest BCUT2D eigenvalue weighted by atomic mass is 16.5. The highest BCUT2D eigenvalue weighted by Crippen LogP contribution is 2.28. The summed E-state index contributed by atoms with van der Waals surface area (Å²) in [6, 6.07) is 7.02. The fraction of sp³-hybridized carbons (Fsp3) is 0.625.